The molecule has 1 atom stereocenters. The third-order valence-corrected chi connectivity index (χ3v) is 6.21. The average Bonchev–Trinajstić information content (AvgIpc) is 2.96. The fourth-order valence-electron chi connectivity index (χ4n) is 4.57. The van der Waals surface area contributed by atoms with Crippen molar-refractivity contribution in [2.45, 2.75) is 59.0 Å². The summed E-state index contributed by atoms with van der Waals surface area (Å²) in [5.74, 6) is 1.43. The van der Waals surface area contributed by atoms with Crippen LogP contribution in [0.25, 0.3) is 0 Å². The molecule has 2 heterocycles. The van der Waals surface area contributed by atoms with Gasteiger partial charge >= 0.3 is 6.09 Å². The van der Waals surface area contributed by atoms with Gasteiger partial charge in [0.25, 0.3) is 0 Å². The minimum absolute atomic E-state index is 0.316. The molecule has 1 fully saturated rings. The van der Waals surface area contributed by atoms with Gasteiger partial charge in [0.05, 0.1) is 5.69 Å². The van der Waals surface area contributed by atoms with E-state index in [9.17, 15) is 9.59 Å². The largest absolute Gasteiger partial charge is 0.485 e. The van der Waals surface area contributed by atoms with Gasteiger partial charge in [0.1, 0.15) is 17.6 Å². The van der Waals surface area contributed by atoms with Crippen LogP contribution in [0.2, 0.25) is 0 Å². The van der Waals surface area contributed by atoms with Crippen LogP contribution in [-0.2, 0) is 11.2 Å². The lowest BCUT2D eigenvalue weighted by molar-refractivity contribution is -0.109. The van der Waals surface area contributed by atoms with Crippen LogP contribution in [0.15, 0.2) is 0 Å². The number of rotatable bonds is 5. The summed E-state index contributed by atoms with van der Waals surface area (Å²) < 4.78 is 6.45. The van der Waals surface area contributed by atoms with Crippen molar-refractivity contribution in [3.63, 3.8) is 0 Å². The molecule has 6 heteroatoms. The highest BCUT2D eigenvalue weighted by molar-refractivity contribution is 5.87. The zero-order valence-electron chi connectivity index (χ0n) is 16.7. The van der Waals surface area contributed by atoms with Crippen molar-refractivity contribution < 1.29 is 19.4 Å². The molecule has 6 nitrogen and oxygen atoms in total. The normalized spacial score (nSPS) is 23.0. The molecule has 1 aromatic carbocycles. The van der Waals surface area contributed by atoms with Crippen LogP contribution in [-0.4, -0.2) is 47.6 Å². The average molecular weight is 374 g/mol. The summed E-state index contributed by atoms with van der Waals surface area (Å²) in [7, 11) is 0. The van der Waals surface area contributed by atoms with Crippen molar-refractivity contribution in [2.75, 3.05) is 25.0 Å². The number of nitrogens with zero attached hydrogens (tertiary/aromatic N) is 1. The van der Waals surface area contributed by atoms with Crippen LogP contribution in [0.1, 0.15) is 48.4 Å². The molecule has 1 saturated heterocycles. The summed E-state index contributed by atoms with van der Waals surface area (Å²) in [6.45, 7) is 10.9. The maximum atomic E-state index is 11.2. The molecule has 3 rings (SSSR count). The number of piperidine rings is 1. The van der Waals surface area contributed by atoms with Crippen molar-refractivity contribution in [3.8, 4) is 5.75 Å². The Morgan fingerprint density at radius 1 is 1.26 bits per heavy atom. The Morgan fingerprint density at radius 2 is 1.93 bits per heavy atom. The van der Waals surface area contributed by atoms with Gasteiger partial charge in [-0.25, -0.2) is 4.79 Å². The molecule has 0 aliphatic carbocycles. The number of carboxylic acid groups (broad SMARTS) is 1. The van der Waals surface area contributed by atoms with Crippen LogP contribution in [0, 0.1) is 26.7 Å². The van der Waals surface area contributed by atoms with E-state index >= 15 is 0 Å². The topological polar surface area (TPSA) is 78.9 Å². The number of benzene rings is 1. The van der Waals surface area contributed by atoms with Gasteiger partial charge in [-0.1, -0.05) is 0 Å². The van der Waals surface area contributed by atoms with Gasteiger partial charge in [0.2, 0.25) is 0 Å². The maximum Gasteiger partial charge on any atom is 0.409 e. The second-order valence-corrected chi connectivity index (χ2v) is 8.34. The molecule has 0 radical (unpaired) electrons. The Labute approximate surface area is 160 Å². The van der Waals surface area contributed by atoms with E-state index in [-0.39, 0.29) is 5.60 Å². The monoisotopic (exact) mass is 374 g/mol. The fraction of sp³-hybridized carbons (Fsp3) is 0.619. The standard InChI is InChI=1S/C21H30N2O4/c1-13-14(2)19-17(15(3)18(13)22-20(25)26)11-21(4,27-19)12-23-8-5-16(6-9-23)7-10-24/h10,16,22H,5-9,11-12H2,1-4H3,(H,25,26). The number of fused-ring (bicyclic) bond motifs is 1. The summed E-state index contributed by atoms with van der Waals surface area (Å²) in [6, 6.07) is 0. The van der Waals surface area contributed by atoms with Crippen LogP contribution >= 0.6 is 0 Å². The highest BCUT2D eigenvalue weighted by Gasteiger charge is 2.40. The van der Waals surface area contributed by atoms with Gasteiger partial charge in [0.15, 0.2) is 0 Å². The number of ether oxygens (including phenoxy) is 1. The molecule has 0 bridgehead atoms. The quantitative estimate of drug-likeness (QED) is 0.769. The van der Waals surface area contributed by atoms with E-state index in [1.807, 2.05) is 20.8 Å². The van der Waals surface area contributed by atoms with Crippen molar-refractivity contribution in [1.82, 2.24) is 4.90 Å². The zero-order chi connectivity index (χ0) is 19.8. The minimum atomic E-state index is -1.04. The van der Waals surface area contributed by atoms with E-state index in [0.29, 0.717) is 18.0 Å². The molecule has 1 aromatic rings. The van der Waals surface area contributed by atoms with Crippen LogP contribution in [0.5, 0.6) is 5.75 Å². The number of nitrogens with one attached hydrogen (secondary N) is 1. The minimum Gasteiger partial charge on any atom is -0.485 e. The Bertz CT molecular complexity index is 753. The summed E-state index contributed by atoms with van der Waals surface area (Å²) in [5, 5.41) is 11.7. The van der Waals surface area contributed by atoms with E-state index in [1.165, 1.54) is 0 Å². The Hall–Kier alpha value is -2.08. The first-order chi connectivity index (χ1) is 12.7. The second-order valence-electron chi connectivity index (χ2n) is 8.34. The van der Waals surface area contributed by atoms with E-state index in [1.54, 1.807) is 0 Å². The number of carbonyl (C=O) groups excluding carboxylic acids is 1. The smallest absolute Gasteiger partial charge is 0.409 e. The Morgan fingerprint density at radius 3 is 2.52 bits per heavy atom. The number of likely N-dealkylation sites (tertiary alicyclic amines) is 1. The predicted molar refractivity (Wildman–Crippen MR) is 105 cm³/mol. The van der Waals surface area contributed by atoms with Crippen molar-refractivity contribution >= 4 is 18.1 Å². The first-order valence-corrected chi connectivity index (χ1v) is 9.71. The van der Waals surface area contributed by atoms with Crippen molar-refractivity contribution in [1.29, 1.82) is 0 Å². The molecule has 1 unspecified atom stereocenters. The summed E-state index contributed by atoms with van der Waals surface area (Å²) in [5.41, 5.74) is 4.37. The number of aldehydes is 1. The van der Waals surface area contributed by atoms with Crippen LogP contribution in [0.4, 0.5) is 10.5 Å². The van der Waals surface area contributed by atoms with Crippen molar-refractivity contribution in [2.24, 2.45) is 5.92 Å². The van der Waals surface area contributed by atoms with Gasteiger partial charge in [-0.05, 0) is 76.2 Å². The molecule has 1 amide bonds. The molecular formula is C21H30N2O4. The number of hydrogen-bond acceptors (Lipinski definition) is 4. The molecule has 0 spiro atoms. The van der Waals surface area contributed by atoms with E-state index in [2.05, 4.69) is 17.1 Å². The van der Waals surface area contributed by atoms with Gasteiger partial charge in [-0.2, -0.15) is 0 Å². The van der Waals surface area contributed by atoms with Crippen molar-refractivity contribution in [3.05, 3.63) is 22.3 Å². The highest BCUT2D eigenvalue weighted by Crippen LogP contribution is 2.45. The number of amides is 1. The predicted octanol–water partition coefficient (Wildman–Crippen LogP) is 3.70. The van der Waals surface area contributed by atoms with E-state index < -0.39 is 6.09 Å². The highest BCUT2D eigenvalue weighted by atomic mass is 16.5. The van der Waals surface area contributed by atoms with Gasteiger partial charge < -0.3 is 14.6 Å². The Balaban J connectivity index is 1.76. The summed E-state index contributed by atoms with van der Waals surface area (Å²) >= 11 is 0. The molecule has 2 aliphatic rings. The summed E-state index contributed by atoms with van der Waals surface area (Å²) in [4.78, 5) is 24.3. The third-order valence-electron chi connectivity index (χ3n) is 6.21. The van der Waals surface area contributed by atoms with Gasteiger partial charge in [-0.15, -0.1) is 0 Å². The first kappa shape index (κ1) is 19.7. The summed E-state index contributed by atoms with van der Waals surface area (Å²) in [6.07, 6.45) is 3.56. The number of hydrogen-bond donors (Lipinski definition) is 2. The fourth-order valence-corrected chi connectivity index (χ4v) is 4.57. The lowest BCUT2D eigenvalue weighted by Gasteiger charge is -2.36. The zero-order valence-corrected chi connectivity index (χ0v) is 16.7. The molecule has 148 valence electrons. The molecule has 2 N–H and O–H groups in total. The number of carbonyl (C=O) groups is 2. The molecule has 2 aliphatic heterocycles. The molecular weight excluding hydrogens is 344 g/mol. The Kier molecular flexibility index (Phi) is 5.47. The third kappa shape index (κ3) is 3.95. The van der Waals surface area contributed by atoms with E-state index in [4.69, 9.17) is 9.84 Å². The first-order valence-electron chi connectivity index (χ1n) is 9.71. The second kappa shape index (κ2) is 7.50. The van der Waals surface area contributed by atoms with Crippen LogP contribution in [0.3, 0.4) is 0 Å². The molecule has 0 aromatic heterocycles. The maximum absolute atomic E-state index is 11.2. The van der Waals surface area contributed by atoms with Crippen LogP contribution < -0.4 is 10.1 Å². The SMILES string of the molecule is Cc1c(C)c2c(c(C)c1NC(=O)O)CC(C)(CN1CCC(CC=O)CC1)O2. The molecule has 27 heavy (non-hydrogen) atoms. The number of anilines is 1. The lowest BCUT2D eigenvalue weighted by atomic mass is 9.90. The van der Waals surface area contributed by atoms with Gasteiger partial charge in [0, 0.05) is 24.9 Å². The molecule has 0 saturated carbocycles. The lowest BCUT2D eigenvalue weighted by Crippen LogP contribution is -2.47. The van der Waals surface area contributed by atoms with Gasteiger partial charge in [-0.3, -0.25) is 10.2 Å². The van der Waals surface area contributed by atoms with E-state index in [0.717, 1.165) is 73.2 Å².